The van der Waals surface area contributed by atoms with E-state index in [0.717, 1.165) is 26.1 Å². The van der Waals surface area contributed by atoms with Crippen LogP contribution in [0.4, 0.5) is 5.88 Å². The molecule has 1 aromatic carbocycles. The Kier molecular flexibility index (Phi) is 4.65. The largest absolute Gasteiger partial charge is 0.422 e. The molecule has 0 unspecified atom stereocenters. The van der Waals surface area contributed by atoms with Crippen molar-refractivity contribution in [3.8, 4) is 16.5 Å². The van der Waals surface area contributed by atoms with Crippen LogP contribution in [0.2, 0.25) is 5.02 Å². The molecule has 0 aliphatic rings. The summed E-state index contributed by atoms with van der Waals surface area (Å²) in [6.07, 6.45) is 0. The molecule has 2 heterocycles. The molecule has 5 nitrogen and oxygen atoms in total. The van der Waals surface area contributed by atoms with Crippen LogP contribution < -0.4 is 5.43 Å². The maximum atomic E-state index is 9.00. The lowest BCUT2D eigenvalue weighted by Gasteiger charge is -2.00. The number of rotatable bonds is 4. The number of nitriles is 1. The molecule has 0 spiro atoms. The number of aromatic nitrogens is 1. The molecule has 0 fully saturated rings. The van der Waals surface area contributed by atoms with Crippen molar-refractivity contribution in [1.82, 2.24) is 4.98 Å². The van der Waals surface area contributed by atoms with Crippen molar-refractivity contribution in [2.45, 2.75) is 13.8 Å². The van der Waals surface area contributed by atoms with Gasteiger partial charge in [0.2, 0.25) is 5.69 Å². The third-order valence-electron chi connectivity index (χ3n) is 3.27. The molecule has 0 aliphatic heterocycles. The molecule has 0 saturated carbocycles. The maximum Gasteiger partial charge on any atom is 0.252 e. The topological polar surface area (TPSA) is 74.2 Å². The Morgan fingerprint density at radius 1 is 1.33 bits per heavy atom. The number of hydrogen-bond donors (Lipinski definition) is 1. The minimum atomic E-state index is 0.187. The Morgan fingerprint density at radius 2 is 2.12 bits per heavy atom. The highest BCUT2D eigenvalue weighted by Gasteiger charge is 2.11. The monoisotopic (exact) mass is 356 g/mol. The zero-order valence-corrected chi connectivity index (χ0v) is 14.6. The predicted molar refractivity (Wildman–Crippen MR) is 96.6 cm³/mol. The SMILES string of the molecule is C/C(=N\Nc1oc(C)nc1C#N)c1ccc(-c2ccccc2Cl)s1. The molecule has 0 amide bonds. The van der Waals surface area contributed by atoms with Gasteiger partial charge in [-0.3, -0.25) is 0 Å². The van der Waals surface area contributed by atoms with E-state index in [0.29, 0.717) is 5.89 Å². The molecular weight excluding hydrogens is 344 g/mol. The minimum Gasteiger partial charge on any atom is -0.422 e. The van der Waals surface area contributed by atoms with Crippen molar-refractivity contribution >= 4 is 34.5 Å². The number of halogens is 1. The number of hydrogen-bond acceptors (Lipinski definition) is 6. The molecule has 24 heavy (non-hydrogen) atoms. The van der Waals surface area contributed by atoms with Crippen LogP contribution in [0.25, 0.3) is 10.4 Å². The van der Waals surface area contributed by atoms with Crippen molar-refractivity contribution in [3.63, 3.8) is 0 Å². The summed E-state index contributed by atoms with van der Waals surface area (Å²) < 4.78 is 5.32. The molecular formula is C17H13ClN4OS. The summed E-state index contributed by atoms with van der Waals surface area (Å²) in [6.45, 7) is 3.56. The zero-order valence-electron chi connectivity index (χ0n) is 13.0. The van der Waals surface area contributed by atoms with Gasteiger partial charge in [-0.05, 0) is 25.1 Å². The van der Waals surface area contributed by atoms with Crippen LogP contribution in [0.3, 0.4) is 0 Å². The first-order chi connectivity index (χ1) is 11.6. The van der Waals surface area contributed by atoms with Gasteiger partial charge in [0.1, 0.15) is 6.07 Å². The molecule has 120 valence electrons. The van der Waals surface area contributed by atoms with Crippen molar-refractivity contribution in [2.24, 2.45) is 5.10 Å². The van der Waals surface area contributed by atoms with E-state index in [4.69, 9.17) is 21.3 Å². The van der Waals surface area contributed by atoms with Gasteiger partial charge in [0, 0.05) is 22.4 Å². The highest BCUT2D eigenvalue weighted by molar-refractivity contribution is 7.17. The van der Waals surface area contributed by atoms with Crippen LogP contribution in [-0.2, 0) is 0 Å². The molecule has 0 atom stereocenters. The fourth-order valence-corrected chi connectivity index (χ4v) is 3.39. The summed E-state index contributed by atoms with van der Waals surface area (Å²) in [5, 5.41) is 14.0. The van der Waals surface area contributed by atoms with Gasteiger partial charge in [0.15, 0.2) is 5.89 Å². The first-order valence-electron chi connectivity index (χ1n) is 7.11. The van der Waals surface area contributed by atoms with E-state index in [1.807, 2.05) is 49.4 Å². The highest BCUT2D eigenvalue weighted by Crippen LogP contribution is 2.33. The number of anilines is 1. The van der Waals surface area contributed by atoms with Gasteiger partial charge < -0.3 is 4.42 Å². The number of nitrogens with zero attached hydrogens (tertiary/aromatic N) is 3. The van der Waals surface area contributed by atoms with Crippen molar-refractivity contribution in [1.29, 1.82) is 5.26 Å². The number of thiophene rings is 1. The second kappa shape index (κ2) is 6.87. The van der Waals surface area contributed by atoms with Crippen LogP contribution in [0.1, 0.15) is 23.4 Å². The van der Waals surface area contributed by atoms with Gasteiger partial charge in [0.25, 0.3) is 5.88 Å². The third-order valence-corrected chi connectivity index (χ3v) is 4.82. The van der Waals surface area contributed by atoms with Crippen molar-refractivity contribution in [3.05, 3.63) is 57.9 Å². The van der Waals surface area contributed by atoms with Crippen molar-refractivity contribution in [2.75, 3.05) is 5.43 Å². The number of aryl methyl sites for hydroxylation is 1. The Balaban J connectivity index is 1.82. The maximum absolute atomic E-state index is 9.00. The van der Waals surface area contributed by atoms with Crippen molar-refractivity contribution < 1.29 is 4.42 Å². The molecule has 2 aromatic heterocycles. The summed E-state index contributed by atoms with van der Waals surface area (Å²) in [5.41, 5.74) is 4.72. The van der Waals surface area contributed by atoms with E-state index in [1.165, 1.54) is 0 Å². The lowest BCUT2D eigenvalue weighted by molar-refractivity contribution is 0.533. The number of oxazole rings is 1. The van der Waals surface area contributed by atoms with Gasteiger partial charge in [0.05, 0.1) is 10.6 Å². The average molecular weight is 357 g/mol. The van der Waals surface area contributed by atoms with E-state index >= 15 is 0 Å². The average Bonchev–Trinajstić information content (AvgIpc) is 3.19. The lowest BCUT2D eigenvalue weighted by atomic mass is 10.2. The quantitative estimate of drug-likeness (QED) is 0.523. The standard InChI is InChI=1S/C17H13ClN4OS/c1-10(21-22-17-14(9-19)20-11(2)23-17)15-7-8-16(24-15)12-5-3-4-6-13(12)18/h3-8,22H,1-2H3/b21-10+. The van der Waals surface area contributed by atoms with E-state index in [9.17, 15) is 0 Å². The molecule has 3 rings (SSSR count). The summed E-state index contributed by atoms with van der Waals surface area (Å²) in [6, 6.07) is 13.7. The smallest absolute Gasteiger partial charge is 0.252 e. The van der Waals surface area contributed by atoms with Crippen LogP contribution in [0.15, 0.2) is 45.9 Å². The first-order valence-corrected chi connectivity index (χ1v) is 8.31. The molecule has 1 N–H and O–H groups in total. The highest BCUT2D eigenvalue weighted by atomic mass is 35.5. The zero-order chi connectivity index (χ0) is 17.1. The first kappa shape index (κ1) is 16.2. The second-order valence-electron chi connectivity index (χ2n) is 4.98. The molecule has 3 aromatic rings. The van der Waals surface area contributed by atoms with E-state index in [2.05, 4.69) is 15.5 Å². The van der Waals surface area contributed by atoms with Gasteiger partial charge in [-0.2, -0.15) is 10.4 Å². The van der Waals surface area contributed by atoms with E-state index < -0.39 is 0 Å². The van der Waals surface area contributed by atoms with Gasteiger partial charge in [-0.25, -0.2) is 10.4 Å². The summed E-state index contributed by atoms with van der Waals surface area (Å²) in [4.78, 5) is 6.02. The van der Waals surface area contributed by atoms with Crippen LogP contribution in [-0.4, -0.2) is 10.7 Å². The van der Waals surface area contributed by atoms with Gasteiger partial charge >= 0.3 is 0 Å². The van der Waals surface area contributed by atoms with Gasteiger partial charge in [-0.1, -0.05) is 29.8 Å². The summed E-state index contributed by atoms with van der Waals surface area (Å²) in [7, 11) is 0. The third kappa shape index (κ3) is 3.32. The Hall–Kier alpha value is -2.62. The van der Waals surface area contributed by atoms with Gasteiger partial charge in [-0.15, -0.1) is 11.3 Å². The fourth-order valence-electron chi connectivity index (χ4n) is 2.11. The molecule has 0 bridgehead atoms. The Morgan fingerprint density at radius 3 is 2.88 bits per heavy atom. The normalized spacial score (nSPS) is 11.3. The molecule has 0 radical (unpaired) electrons. The summed E-state index contributed by atoms with van der Waals surface area (Å²) in [5.74, 6) is 0.663. The fraction of sp³-hybridized carbons (Fsp3) is 0.118. The molecule has 0 aliphatic carbocycles. The Labute approximate surface area is 148 Å². The van der Waals surface area contributed by atoms with E-state index in [1.54, 1.807) is 18.3 Å². The number of hydrazone groups is 1. The molecule has 0 saturated heterocycles. The van der Waals surface area contributed by atoms with E-state index in [-0.39, 0.29) is 11.6 Å². The number of benzene rings is 1. The second-order valence-corrected chi connectivity index (χ2v) is 6.47. The van der Waals surface area contributed by atoms with Crippen LogP contribution in [0.5, 0.6) is 0 Å². The van der Waals surface area contributed by atoms with Crippen LogP contribution >= 0.6 is 22.9 Å². The van der Waals surface area contributed by atoms with Crippen LogP contribution in [0, 0.1) is 18.3 Å². The summed E-state index contributed by atoms with van der Waals surface area (Å²) >= 11 is 7.83. The minimum absolute atomic E-state index is 0.187. The molecule has 7 heteroatoms. The number of nitrogens with one attached hydrogen (secondary N) is 1. The predicted octanol–water partition coefficient (Wildman–Crippen LogP) is 5.07. The Bertz CT molecular complexity index is 952. The lowest BCUT2D eigenvalue weighted by Crippen LogP contribution is -1.97.